The van der Waals surface area contributed by atoms with Crippen molar-refractivity contribution in [3.63, 3.8) is 0 Å². The van der Waals surface area contributed by atoms with E-state index in [0.29, 0.717) is 19.4 Å². The van der Waals surface area contributed by atoms with Crippen molar-refractivity contribution in [2.75, 3.05) is 6.61 Å². The van der Waals surface area contributed by atoms with E-state index < -0.39 is 0 Å². The molecule has 0 spiro atoms. The van der Waals surface area contributed by atoms with Gasteiger partial charge in [0.1, 0.15) is 5.82 Å². The third kappa shape index (κ3) is 4.20. The summed E-state index contributed by atoms with van der Waals surface area (Å²) in [5, 5.41) is 7.16. The molecule has 0 unspecified atom stereocenters. The lowest BCUT2D eigenvalue weighted by molar-refractivity contribution is -0.122. The van der Waals surface area contributed by atoms with Gasteiger partial charge in [-0.15, -0.1) is 0 Å². The molecule has 128 valence electrons. The van der Waals surface area contributed by atoms with Crippen LogP contribution in [0, 0.1) is 5.82 Å². The minimum absolute atomic E-state index is 0.0383. The molecule has 5 nitrogen and oxygen atoms in total. The lowest BCUT2D eigenvalue weighted by Gasteiger charge is -2.24. The van der Waals surface area contributed by atoms with Gasteiger partial charge in [-0.1, -0.05) is 12.1 Å². The highest BCUT2D eigenvalue weighted by Gasteiger charge is 2.28. The number of nitrogens with zero attached hydrogens (tertiary/aromatic N) is 2. The normalized spacial score (nSPS) is 18.5. The molecule has 1 aromatic carbocycles. The van der Waals surface area contributed by atoms with Crippen molar-refractivity contribution in [1.29, 1.82) is 0 Å². The Bertz CT molecular complexity index is 678. The van der Waals surface area contributed by atoms with Gasteiger partial charge in [-0.25, -0.2) is 4.39 Å². The molecular formula is C18H22FN3O2. The zero-order valence-corrected chi connectivity index (χ0v) is 13.7. The van der Waals surface area contributed by atoms with Crippen molar-refractivity contribution in [3.8, 4) is 0 Å². The maximum atomic E-state index is 13.2. The Balaban J connectivity index is 1.64. The molecule has 1 saturated heterocycles. The van der Waals surface area contributed by atoms with Crippen molar-refractivity contribution in [1.82, 2.24) is 15.1 Å². The highest BCUT2D eigenvalue weighted by atomic mass is 19.1. The Morgan fingerprint density at radius 2 is 2.25 bits per heavy atom. The van der Waals surface area contributed by atoms with E-state index in [0.717, 1.165) is 24.0 Å². The van der Waals surface area contributed by atoms with Crippen molar-refractivity contribution < 1.29 is 13.9 Å². The largest absolute Gasteiger partial charge is 0.376 e. The molecule has 1 aromatic heterocycles. The molecule has 2 heterocycles. The molecule has 0 saturated carbocycles. The van der Waals surface area contributed by atoms with Gasteiger partial charge in [-0.2, -0.15) is 5.10 Å². The van der Waals surface area contributed by atoms with Gasteiger partial charge in [0.05, 0.1) is 18.3 Å². The molecular weight excluding hydrogens is 309 g/mol. The zero-order chi connectivity index (χ0) is 16.9. The highest BCUT2D eigenvalue weighted by molar-refractivity contribution is 5.76. The minimum Gasteiger partial charge on any atom is -0.376 e. The average Bonchev–Trinajstić information content (AvgIpc) is 3.23. The van der Waals surface area contributed by atoms with Gasteiger partial charge in [-0.05, 0) is 42.5 Å². The Hall–Kier alpha value is -2.21. The smallest absolute Gasteiger partial charge is 0.220 e. The lowest BCUT2D eigenvalue weighted by atomic mass is 9.99. The van der Waals surface area contributed by atoms with Crippen molar-refractivity contribution >= 4 is 5.91 Å². The summed E-state index contributed by atoms with van der Waals surface area (Å²) < 4.78 is 20.6. The van der Waals surface area contributed by atoms with Gasteiger partial charge in [0.25, 0.3) is 0 Å². The fourth-order valence-corrected chi connectivity index (χ4v) is 3.03. The standard InChI is InChI=1S/C18H22FN3O2/c1-22-12-13(11-20-22)4-9-17(23)21-18(16-3-2-10-24-16)14-5-7-15(19)8-6-14/h5-8,11-12,16,18H,2-4,9-10H2,1H3,(H,21,23)/t16-,18+/m1/s1. The number of aryl methyl sites for hydroxylation is 2. The lowest BCUT2D eigenvalue weighted by Crippen LogP contribution is -2.36. The molecule has 1 aliphatic rings. The summed E-state index contributed by atoms with van der Waals surface area (Å²) in [6.45, 7) is 0.702. The fourth-order valence-electron chi connectivity index (χ4n) is 3.03. The van der Waals surface area contributed by atoms with E-state index in [2.05, 4.69) is 10.4 Å². The van der Waals surface area contributed by atoms with Gasteiger partial charge in [0.2, 0.25) is 5.91 Å². The number of nitrogens with one attached hydrogen (secondary N) is 1. The van der Waals surface area contributed by atoms with Crippen LogP contribution in [0.15, 0.2) is 36.7 Å². The van der Waals surface area contributed by atoms with E-state index in [1.807, 2.05) is 13.2 Å². The van der Waals surface area contributed by atoms with E-state index in [-0.39, 0.29) is 23.9 Å². The maximum Gasteiger partial charge on any atom is 0.220 e. The molecule has 1 fully saturated rings. The summed E-state index contributed by atoms with van der Waals surface area (Å²) in [4.78, 5) is 12.4. The quantitative estimate of drug-likeness (QED) is 0.885. The summed E-state index contributed by atoms with van der Waals surface area (Å²) in [5.41, 5.74) is 1.90. The molecule has 1 aliphatic heterocycles. The molecule has 24 heavy (non-hydrogen) atoms. The van der Waals surface area contributed by atoms with Crippen LogP contribution in [0.25, 0.3) is 0 Å². The number of benzene rings is 1. The first-order valence-corrected chi connectivity index (χ1v) is 8.26. The van der Waals surface area contributed by atoms with Crippen molar-refractivity contribution in [2.24, 2.45) is 7.05 Å². The number of carbonyl (C=O) groups excluding carboxylic acids is 1. The van der Waals surface area contributed by atoms with Crippen LogP contribution in [0.2, 0.25) is 0 Å². The fraction of sp³-hybridized carbons (Fsp3) is 0.444. The molecule has 1 N–H and O–H groups in total. The van der Waals surface area contributed by atoms with Crippen molar-refractivity contribution in [2.45, 2.75) is 37.8 Å². The van der Waals surface area contributed by atoms with Crippen LogP contribution in [0.1, 0.15) is 36.4 Å². The molecule has 2 aromatic rings. The first-order valence-electron chi connectivity index (χ1n) is 8.26. The van der Waals surface area contributed by atoms with E-state index in [9.17, 15) is 9.18 Å². The third-order valence-electron chi connectivity index (χ3n) is 4.28. The predicted molar refractivity (Wildman–Crippen MR) is 87.8 cm³/mol. The molecule has 0 bridgehead atoms. The Labute approximate surface area is 140 Å². The summed E-state index contributed by atoms with van der Waals surface area (Å²) in [7, 11) is 1.85. The highest BCUT2D eigenvalue weighted by Crippen LogP contribution is 2.27. The molecule has 0 aliphatic carbocycles. The van der Waals surface area contributed by atoms with E-state index in [1.54, 1.807) is 23.0 Å². The van der Waals surface area contributed by atoms with Crippen LogP contribution >= 0.6 is 0 Å². The Kier molecular flexibility index (Phi) is 5.25. The molecule has 0 radical (unpaired) electrons. The van der Waals surface area contributed by atoms with Gasteiger partial charge in [0, 0.05) is 26.3 Å². The monoisotopic (exact) mass is 331 g/mol. The number of rotatable bonds is 6. The number of amides is 1. The Morgan fingerprint density at radius 1 is 1.46 bits per heavy atom. The van der Waals surface area contributed by atoms with Gasteiger partial charge in [-0.3, -0.25) is 9.48 Å². The predicted octanol–water partition coefficient (Wildman–Crippen LogP) is 2.53. The molecule has 3 rings (SSSR count). The number of halogens is 1. The molecule has 1 amide bonds. The topological polar surface area (TPSA) is 56.2 Å². The summed E-state index contributed by atoms with van der Waals surface area (Å²) in [5.74, 6) is -0.323. The Morgan fingerprint density at radius 3 is 2.88 bits per heavy atom. The maximum absolute atomic E-state index is 13.2. The first-order chi connectivity index (χ1) is 11.6. The second-order valence-corrected chi connectivity index (χ2v) is 6.17. The van der Waals surface area contributed by atoms with Crippen LogP contribution < -0.4 is 5.32 Å². The van der Waals surface area contributed by atoms with E-state index >= 15 is 0 Å². The first kappa shape index (κ1) is 16.6. The number of carbonyl (C=O) groups is 1. The van der Waals surface area contributed by atoms with Crippen LogP contribution in [0.5, 0.6) is 0 Å². The second-order valence-electron chi connectivity index (χ2n) is 6.17. The number of hydrogen-bond donors (Lipinski definition) is 1. The zero-order valence-electron chi connectivity index (χ0n) is 13.7. The van der Waals surface area contributed by atoms with Gasteiger partial charge in [0.15, 0.2) is 0 Å². The average molecular weight is 331 g/mol. The summed E-state index contributed by atoms with van der Waals surface area (Å²) in [6.07, 6.45) is 6.52. The van der Waals surface area contributed by atoms with E-state index in [1.165, 1.54) is 12.1 Å². The SMILES string of the molecule is Cn1cc(CCC(=O)N[C@@H](c2ccc(F)cc2)[C@H]2CCCO2)cn1. The molecule has 2 atom stereocenters. The third-order valence-corrected chi connectivity index (χ3v) is 4.28. The second kappa shape index (κ2) is 7.57. The summed E-state index contributed by atoms with van der Waals surface area (Å²) in [6, 6.07) is 6.01. The number of aromatic nitrogens is 2. The summed E-state index contributed by atoms with van der Waals surface area (Å²) >= 11 is 0. The van der Waals surface area contributed by atoms with Gasteiger partial charge < -0.3 is 10.1 Å². The van der Waals surface area contributed by atoms with E-state index in [4.69, 9.17) is 4.74 Å². The van der Waals surface area contributed by atoms with Crippen LogP contribution in [-0.4, -0.2) is 28.4 Å². The van der Waals surface area contributed by atoms with Crippen LogP contribution in [-0.2, 0) is 23.0 Å². The van der Waals surface area contributed by atoms with Crippen LogP contribution in [0.4, 0.5) is 4.39 Å². The number of hydrogen-bond acceptors (Lipinski definition) is 3. The number of ether oxygens (including phenoxy) is 1. The van der Waals surface area contributed by atoms with Gasteiger partial charge >= 0.3 is 0 Å². The minimum atomic E-state index is -0.284. The van der Waals surface area contributed by atoms with Crippen molar-refractivity contribution in [3.05, 3.63) is 53.6 Å². The van der Waals surface area contributed by atoms with Crippen LogP contribution in [0.3, 0.4) is 0 Å². The molecule has 6 heteroatoms.